The van der Waals surface area contributed by atoms with Crippen molar-refractivity contribution in [3.05, 3.63) is 87.9 Å². The van der Waals surface area contributed by atoms with E-state index in [1.165, 1.54) is 10.5 Å². The maximum absolute atomic E-state index is 14.0. The first kappa shape index (κ1) is 40.9. The van der Waals surface area contributed by atoms with Gasteiger partial charge in [-0.25, -0.2) is 9.78 Å². The van der Waals surface area contributed by atoms with E-state index in [1.54, 1.807) is 18.4 Å². The molecule has 1 fully saturated rings. The summed E-state index contributed by atoms with van der Waals surface area (Å²) in [6.45, 7) is 16.9. The van der Waals surface area contributed by atoms with E-state index in [1.807, 2.05) is 93.4 Å². The van der Waals surface area contributed by atoms with E-state index in [0.717, 1.165) is 29.4 Å². The second-order valence-electron chi connectivity index (χ2n) is 15.7. The average molecular weight is 734 g/mol. The van der Waals surface area contributed by atoms with Crippen LogP contribution in [0.4, 0.5) is 4.79 Å². The third-order valence-corrected chi connectivity index (χ3v) is 10.4. The van der Waals surface area contributed by atoms with Gasteiger partial charge in [0.2, 0.25) is 11.8 Å². The van der Waals surface area contributed by atoms with Gasteiger partial charge in [0.15, 0.2) is 0 Å². The van der Waals surface area contributed by atoms with Gasteiger partial charge < -0.3 is 26.0 Å². The molecule has 0 radical (unpaired) electrons. The smallest absolute Gasteiger partial charge is 0.318 e. The number of benzene rings is 2. The number of rotatable bonds is 15. The van der Waals surface area contributed by atoms with Crippen LogP contribution in [-0.4, -0.2) is 106 Å². The predicted octanol–water partition coefficient (Wildman–Crippen LogP) is 4.62. The van der Waals surface area contributed by atoms with Crippen LogP contribution in [0.5, 0.6) is 0 Å². The van der Waals surface area contributed by atoms with Crippen molar-refractivity contribution in [3.63, 3.8) is 0 Å². The second kappa shape index (κ2) is 18.8. The SMILES string of the molecule is CC(C)c1nc(CN(C)C(=O)N[C@H](C(=O)N[C@@H](Cc2ccccc2)[C@H](O)CN2CCN(Cc3ccccc3)C[C@H]2C(=O)NC(C)(C)C)C(C)C)cs1. The maximum atomic E-state index is 14.0. The van der Waals surface area contributed by atoms with Crippen molar-refractivity contribution in [2.45, 2.75) is 104 Å². The van der Waals surface area contributed by atoms with Crippen LogP contribution in [0.25, 0.3) is 0 Å². The van der Waals surface area contributed by atoms with Gasteiger partial charge in [-0.2, -0.15) is 0 Å². The molecule has 3 aromatic rings. The van der Waals surface area contributed by atoms with Gasteiger partial charge in [0.25, 0.3) is 0 Å². The number of thiazole rings is 1. The molecule has 4 amide bonds. The van der Waals surface area contributed by atoms with Crippen molar-refractivity contribution in [2.75, 3.05) is 33.2 Å². The topological polar surface area (TPSA) is 130 Å². The highest BCUT2D eigenvalue weighted by molar-refractivity contribution is 7.09. The van der Waals surface area contributed by atoms with Crippen LogP contribution < -0.4 is 16.0 Å². The highest BCUT2D eigenvalue weighted by Gasteiger charge is 2.37. The Morgan fingerprint density at radius 2 is 1.60 bits per heavy atom. The molecule has 0 saturated carbocycles. The Morgan fingerprint density at radius 1 is 0.962 bits per heavy atom. The molecule has 11 nitrogen and oxygen atoms in total. The van der Waals surface area contributed by atoms with Gasteiger partial charge in [0.1, 0.15) is 12.1 Å². The number of hydrogen-bond donors (Lipinski definition) is 4. The molecule has 1 aliphatic rings. The lowest BCUT2D eigenvalue weighted by atomic mass is 9.97. The molecule has 2 aromatic carbocycles. The molecule has 4 rings (SSSR count). The number of urea groups is 1. The monoisotopic (exact) mass is 733 g/mol. The minimum Gasteiger partial charge on any atom is -0.390 e. The molecule has 0 aliphatic carbocycles. The standard InChI is InChI=1S/C40H59N7O4S/c1-27(2)35(43-39(51)45(8)23-31-26-52-38(41-31)28(3)4)37(50)42-32(21-29-15-11-9-12-16-29)34(48)25-47-20-19-46(22-30-17-13-10-14-18-30)24-33(47)36(49)44-40(5,6)7/h9-18,26-28,32-35,48H,19-25H2,1-8H3,(H,42,50)(H,43,51)(H,44,49)/t32-,33-,34+,35-/m0/s1. The Bertz CT molecular complexity index is 1580. The lowest BCUT2D eigenvalue weighted by Crippen LogP contribution is -2.63. The third kappa shape index (κ3) is 12.4. The largest absolute Gasteiger partial charge is 0.390 e. The minimum absolute atomic E-state index is 0.0918. The molecule has 52 heavy (non-hydrogen) atoms. The Balaban J connectivity index is 1.49. The number of amides is 4. The molecule has 1 aliphatic heterocycles. The normalized spacial score (nSPS) is 17.4. The van der Waals surface area contributed by atoms with Gasteiger partial charge in [0.05, 0.1) is 29.4 Å². The Hall–Kier alpha value is -3.84. The number of aliphatic hydroxyl groups excluding tert-OH is 1. The van der Waals surface area contributed by atoms with E-state index in [-0.39, 0.29) is 30.3 Å². The van der Waals surface area contributed by atoms with Crippen molar-refractivity contribution < 1.29 is 19.5 Å². The van der Waals surface area contributed by atoms with E-state index < -0.39 is 29.8 Å². The van der Waals surface area contributed by atoms with Crippen LogP contribution >= 0.6 is 11.3 Å². The molecule has 1 aromatic heterocycles. The number of carbonyl (C=O) groups excluding carboxylic acids is 3. The summed E-state index contributed by atoms with van der Waals surface area (Å²) in [5.41, 5.74) is 2.51. The number of carbonyl (C=O) groups is 3. The fourth-order valence-corrected chi connectivity index (χ4v) is 7.15. The molecule has 12 heteroatoms. The van der Waals surface area contributed by atoms with E-state index >= 15 is 0 Å². The van der Waals surface area contributed by atoms with E-state index in [4.69, 9.17) is 0 Å². The van der Waals surface area contributed by atoms with E-state index in [0.29, 0.717) is 32.0 Å². The van der Waals surface area contributed by atoms with Crippen molar-refractivity contribution >= 4 is 29.2 Å². The number of nitrogens with one attached hydrogen (secondary N) is 3. The van der Waals surface area contributed by atoms with Crippen molar-refractivity contribution in [1.82, 2.24) is 35.6 Å². The number of piperazine rings is 1. The van der Waals surface area contributed by atoms with E-state index in [9.17, 15) is 19.5 Å². The van der Waals surface area contributed by atoms with Crippen molar-refractivity contribution in [2.24, 2.45) is 5.92 Å². The maximum Gasteiger partial charge on any atom is 0.318 e. The highest BCUT2D eigenvalue weighted by Crippen LogP contribution is 2.21. The zero-order valence-corrected chi connectivity index (χ0v) is 33.0. The molecule has 4 atom stereocenters. The number of hydrogen-bond acceptors (Lipinski definition) is 8. The summed E-state index contributed by atoms with van der Waals surface area (Å²) in [6, 6.07) is 17.5. The number of β-amino-alcohol motifs (C(OH)–C–C–N with tert-alkyl or cyclic N) is 1. The Morgan fingerprint density at radius 3 is 2.17 bits per heavy atom. The molecule has 4 N–H and O–H groups in total. The summed E-state index contributed by atoms with van der Waals surface area (Å²) < 4.78 is 0. The first-order valence-electron chi connectivity index (χ1n) is 18.4. The van der Waals surface area contributed by atoms with Gasteiger partial charge in [0, 0.05) is 56.6 Å². The number of aliphatic hydroxyl groups is 1. The third-order valence-electron chi connectivity index (χ3n) is 9.17. The summed E-state index contributed by atoms with van der Waals surface area (Å²) >= 11 is 1.58. The van der Waals surface area contributed by atoms with Crippen LogP contribution in [0.15, 0.2) is 66.0 Å². The molecular weight excluding hydrogens is 675 g/mol. The quantitative estimate of drug-likeness (QED) is 0.180. The van der Waals surface area contributed by atoms with Gasteiger partial charge in [-0.1, -0.05) is 88.4 Å². The Kier molecular flexibility index (Phi) is 14.8. The van der Waals surface area contributed by atoms with Crippen molar-refractivity contribution in [3.8, 4) is 0 Å². The first-order valence-corrected chi connectivity index (χ1v) is 19.3. The zero-order valence-electron chi connectivity index (χ0n) is 32.1. The first-order chi connectivity index (χ1) is 24.6. The van der Waals surface area contributed by atoms with Gasteiger partial charge in [-0.15, -0.1) is 11.3 Å². The summed E-state index contributed by atoms with van der Waals surface area (Å²) in [5, 5.41) is 24.0. The van der Waals surface area contributed by atoms with Gasteiger partial charge in [-0.3, -0.25) is 19.4 Å². The molecular formula is C40H59N7O4S. The van der Waals surface area contributed by atoms with Crippen molar-refractivity contribution in [1.29, 1.82) is 0 Å². The van der Waals surface area contributed by atoms with Crippen LogP contribution in [0.1, 0.15) is 76.2 Å². The minimum atomic E-state index is -0.999. The fourth-order valence-electron chi connectivity index (χ4n) is 6.33. The van der Waals surface area contributed by atoms with Crippen LogP contribution in [-0.2, 0) is 29.1 Å². The second-order valence-corrected chi connectivity index (χ2v) is 16.6. The van der Waals surface area contributed by atoms with Crippen LogP contribution in [0.3, 0.4) is 0 Å². The summed E-state index contributed by atoms with van der Waals surface area (Å²) in [5.74, 6) is -0.378. The van der Waals surface area contributed by atoms with Crippen LogP contribution in [0, 0.1) is 5.92 Å². The molecule has 0 unspecified atom stereocenters. The molecule has 0 spiro atoms. The van der Waals surface area contributed by atoms with E-state index in [2.05, 4.69) is 51.8 Å². The summed E-state index contributed by atoms with van der Waals surface area (Å²) in [7, 11) is 1.69. The number of aromatic nitrogens is 1. The molecule has 284 valence electrons. The molecule has 1 saturated heterocycles. The van der Waals surface area contributed by atoms with Gasteiger partial charge in [-0.05, 0) is 44.2 Å². The zero-order chi connectivity index (χ0) is 38.0. The number of nitrogens with zero attached hydrogens (tertiary/aromatic N) is 4. The predicted molar refractivity (Wildman–Crippen MR) is 208 cm³/mol. The summed E-state index contributed by atoms with van der Waals surface area (Å²) in [6.07, 6.45) is -0.623. The Labute approximate surface area is 314 Å². The fraction of sp³-hybridized carbons (Fsp3) is 0.550. The summed E-state index contributed by atoms with van der Waals surface area (Å²) in [4.78, 5) is 51.5. The average Bonchev–Trinajstić information content (AvgIpc) is 3.56. The molecule has 2 heterocycles. The van der Waals surface area contributed by atoms with Crippen LogP contribution in [0.2, 0.25) is 0 Å². The lowest BCUT2D eigenvalue weighted by molar-refractivity contribution is -0.132. The lowest BCUT2D eigenvalue weighted by Gasteiger charge is -2.43. The van der Waals surface area contributed by atoms with Gasteiger partial charge >= 0.3 is 6.03 Å². The highest BCUT2D eigenvalue weighted by atomic mass is 32.1. The molecule has 0 bridgehead atoms.